The quantitative estimate of drug-likeness (QED) is 0.397. The van der Waals surface area contributed by atoms with Gasteiger partial charge in [-0.25, -0.2) is 9.18 Å². The van der Waals surface area contributed by atoms with E-state index < -0.39 is 30.0 Å². The third-order valence-corrected chi connectivity index (χ3v) is 7.44. The Hall–Kier alpha value is -3.79. The van der Waals surface area contributed by atoms with Gasteiger partial charge in [-0.15, -0.1) is 11.3 Å². The number of para-hydroxylation sites is 1. The standard InChI is InChI=1S/C28H31FN4O4S/c1-17(2)15-21(30-27(36)24-16-18-9-3-6-13-23(18)38-24)26(35)32-25-22(34)12-7-8-14-33(25)28(37)31-20-11-5-4-10-19(20)29/h3-6,9-11,13,16-17,21,25H,7-8,12,14-15H2,1-2H3,(H,30,36)(H,31,37)(H,32,35)/t21?,25-/m0/s1. The molecular formula is C28H31FN4O4S. The maximum absolute atomic E-state index is 14.1. The highest BCUT2D eigenvalue weighted by atomic mass is 32.1. The van der Waals surface area contributed by atoms with E-state index in [4.69, 9.17) is 0 Å². The fraction of sp³-hybridized carbons (Fsp3) is 0.357. The number of likely N-dealkylation sites (tertiary alicyclic amines) is 1. The largest absolute Gasteiger partial charge is 0.340 e. The van der Waals surface area contributed by atoms with E-state index in [9.17, 15) is 23.6 Å². The van der Waals surface area contributed by atoms with E-state index in [1.807, 2.05) is 38.1 Å². The first-order chi connectivity index (χ1) is 18.2. The van der Waals surface area contributed by atoms with Crippen molar-refractivity contribution >= 4 is 50.7 Å². The number of carbonyl (C=O) groups is 4. The number of Topliss-reactive ketones (excluding diaryl/α,β-unsaturated/α-hetero) is 1. The lowest BCUT2D eigenvalue weighted by atomic mass is 10.0. The molecule has 2 heterocycles. The molecule has 1 unspecified atom stereocenters. The molecule has 1 aliphatic heterocycles. The number of carbonyl (C=O) groups excluding carboxylic acids is 4. The lowest BCUT2D eigenvalue weighted by Crippen LogP contribution is -2.59. The van der Waals surface area contributed by atoms with E-state index in [-0.39, 0.29) is 36.3 Å². The van der Waals surface area contributed by atoms with Gasteiger partial charge in [-0.3, -0.25) is 19.3 Å². The average Bonchev–Trinajstić information content (AvgIpc) is 3.24. The van der Waals surface area contributed by atoms with Crippen molar-refractivity contribution in [3.8, 4) is 0 Å². The summed E-state index contributed by atoms with van der Waals surface area (Å²) in [6.45, 7) is 4.06. The second-order valence-electron chi connectivity index (χ2n) is 9.74. The number of amides is 4. The van der Waals surface area contributed by atoms with Crippen LogP contribution in [0.3, 0.4) is 0 Å². The van der Waals surface area contributed by atoms with Gasteiger partial charge >= 0.3 is 6.03 Å². The van der Waals surface area contributed by atoms with E-state index >= 15 is 0 Å². The first kappa shape index (κ1) is 27.3. The molecular weight excluding hydrogens is 507 g/mol. The number of nitrogens with zero attached hydrogens (tertiary/aromatic N) is 1. The highest BCUT2D eigenvalue weighted by Crippen LogP contribution is 2.25. The van der Waals surface area contributed by atoms with Gasteiger partial charge in [-0.05, 0) is 54.8 Å². The van der Waals surface area contributed by atoms with Crippen LogP contribution in [0, 0.1) is 11.7 Å². The van der Waals surface area contributed by atoms with Crippen LogP contribution in [0.25, 0.3) is 10.1 Å². The molecule has 10 heteroatoms. The Labute approximate surface area is 224 Å². The molecule has 3 aromatic rings. The molecule has 4 rings (SSSR count). The Morgan fingerprint density at radius 2 is 1.82 bits per heavy atom. The summed E-state index contributed by atoms with van der Waals surface area (Å²) in [4.78, 5) is 54.3. The number of thiophene rings is 1. The SMILES string of the molecule is CC(C)CC(NC(=O)c1cc2ccccc2s1)C(=O)N[C@@H]1C(=O)CCCCN1C(=O)Nc1ccccc1F. The second-order valence-corrected chi connectivity index (χ2v) is 10.8. The molecule has 1 aromatic heterocycles. The third kappa shape index (κ3) is 6.55. The van der Waals surface area contributed by atoms with Crippen molar-refractivity contribution in [2.75, 3.05) is 11.9 Å². The molecule has 2 atom stereocenters. The van der Waals surface area contributed by atoms with Gasteiger partial charge in [0.25, 0.3) is 5.91 Å². The number of halogens is 1. The molecule has 0 radical (unpaired) electrons. The van der Waals surface area contributed by atoms with E-state index in [2.05, 4.69) is 16.0 Å². The van der Waals surface area contributed by atoms with Crippen molar-refractivity contribution < 1.29 is 23.6 Å². The predicted octanol–water partition coefficient (Wildman–Crippen LogP) is 4.91. The van der Waals surface area contributed by atoms with Crippen LogP contribution in [0.5, 0.6) is 0 Å². The Morgan fingerprint density at radius 3 is 2.55 bits per heavy atom. The van der Waals surface area contributed by atoms with Gasteiger partial charge in [0.2, 0.25) is 5.91 Å². The van der Waals surface area contributed by atoms with Gasteiger partial charge in [0.15, 0.2) is 11.9 Å². The van der Waals surface area contributed by atoms with Crippen LogP contribution in [0.15, 0.2) is 54.6 Å². The van der Waals surface area contributed by atoms with E-state index in [1.165, 1.54) is 34.4 Å². The molecule has 1 fully saturated rings. The second kappa shape index (κ2) is 12.2. The number of hydrogen-bond acceptors (Lipinski definition) is 5. The van der Waals surface area contributed by atoms with Gasteiger partial charge in [0, 0.05) is 17.7 Å². The summed E-state index contributed by atoms with van der Waals surface area (Å²) in [6, 6.07) is 13.5. The number of ketones is 1. The zero-order valence-electron chi connectivity index (χ0n) is 21.3. The number of nitrogens with one attached hydrogen (secondary N) is 3. The van der Waals surface area contributed by atoms with Crippen molar-refractivity contribution in [1.82, 2.24) is 15.5 Å². The summed E-state index contributed by atoms with van der Waals surface area (Å²) in [5, 5.41) is 8.95. The molecule has 0 aliphatic carbocycles. The normalized spacial score (nSPS) is 16.7. The summed E-state index contributed by atoms with van der Waals surface area (Å²) in [5.41, 5.74) is -0.0208. The van der Waals surface area contributed by atoms with Gasteiger partial charge in [0.1, 0.15) is 11.9 Å². The van der Waals surface area contributed by atoms with Crippen LogP contribution in [0.2, 0.25) is 0 Å². The molecule has 3 N–H and O–H groups in total. The van der Waals surface area contributed by atoms with Crippen molar-refractivity contribution in [1.29, 1.82) is 0 Å². The van der Waals surface area contributed by atoms with Crippen LogP contribution in [-0.4, -0.2) is 47.3 Å². The maximum Gasteiger partial charge on any atom is 0.323 e. The van der Waals surface area contributed by atoms with Crippen LogP contribution < -0.4 is 16.0 Å². The molecule has 0 spiro atoms. The molecule has 8 nitrogen and oxygen atoms in total. The minimum absolute atomic E-state index is 0.0208. The molecule has 38 heavy (non-hydrogen) atoms. The Balaban J connectivity index is 1.51. The first-order valence-electron chi connectivity index (χ1n) is 12.7. The van der Waals surface area contributed by atoms with Crippen molar-refractivity contribution in [2.45, 2.75) is 51.7 Å². The fourth-order valence-corrected chi connectivity index (χ4v) is 5.38. The highest BCUT2D eigenvalue weighted by molar-refractivity contribution is 7.20. The van der Waals surface area contributed by atoms with Gasteiger partial charge in [-0.2, -0.15) is 0 Å². The molecule has 0 bridgehead atoms. The number of rotatable bonds is 7. The minimum Gasteiger partial charge on any atom is -0.340 e. The molecule has 1 aliphatic rings. The van der Waals surface area contributed by atoms with Crippen molar-refractivity contribution in [3.63, 3.8) is 0 Å². The van der Waals surface area contributed by atoms with Crippen molar-refractivity contribution in [3.05, 3.63) is 65.3 Å². The first-order valence-corrected chi connectivity index (χ1v) is 13.5. The summed E-state index contributed by atoms with van der Waals surface area (Å²) in [5.74, 6) is -1.80. The summed E-state index contributed by atoms with van der Waals surface area (Å²) >= 11 is 1.33. The summed E-state index contributed by atoms with van der Waals surface area (Å²) in [7, 11) is 0. The van der Waals surface area contributed by atoms with Gasteiger partial charge in [0.05, 0.1) is 10.6 Å². The van der Waals surface area contributed by atoms with E-state index in [0.717, 1.165) is 10.1 Å². The number of fused-ring (bicyclic) bond motifs is 1. The average molecular weight is 539 g/mol. The van der Waals surface area contributed by atoms with Crippen molar-refractivity contribution in [2.24, 2.45) is 5.92 Å². The van der Waals surface area contributed by atoms with Crippen LogP contribution in [0.4, 0.5) is 14.9 Å². The molecule has 2 aromatic carbocycles. The predicted molar refractivity (Wildman–Crippen MR) is 145 cm³/mol. The van der Waals surface area contributed by atoms with Crippen LogP contribution in [0.1, 0.15) is 49.2 Å². The Bertz CT molecular complexity index is 1310. The molecule has 4 amide bonds. The van der Waals surface area contributed by atoms with E-state index in [0.29, 0.717) is 24.1 Å². The number of benzene rings is 2. The smallest absolute Gasteiger partial charge is 0.323 e. The topological polar surface area (TPSA) is 108 Å². The lowest BCUT2D eigenvalue weighted by Gasteiger charge is -2.31. The summed E-state index contributed by atoms with van der Waals surface area (Å²) < 4.78 is 15.1. The minimum atomic E-state index is -1.23. The molecule has 1 saturated heterocycles. The monoisotopic (exact) mass is 538 g/mol. The Morgan fingerprint density at radius 1 is 1.08 bits per heavy atom. The van der Waals surface area contributed by atoms with Gasteiger partial charge < -0.3 is 16.0 Å². The van der Waals surface area contributed by atoms with Crippen LogP contribution >= 0.6 is 11.3 Å². The lowest BCUT2D eigenvalue weighted by molar-refractivity contribution is -0.131. The van der Waals surface area contributed by atoms with E-state index in [1.54, 1.807) is 12.1 Å². The number of hydrogen-bond donors (Lipinski definition) is 3. The third-order valence-electron chi connectivity index (χ3n) is 6.32. The zero-order chi connectivity index (χ0) is 27.2. The Kier molecular flexibility index (Phi) is 8.73. The molecule has 200 valence electrons. The zero-order valence-corrected chi connectivity index (χ0v) is 22.1. The summed E-state index contributed by atoms with van der Waals surface area (Å²) in [6.07, 6.45) is 0.420. The highest BCUT2D eigenvalue weighted by Gasteiger charge is 2.35. The number of urea groups is 1. The van der Waals surface area contributed by atoms with Gasteiger partial charge in [-0.1, -0.05) is 44.2 Å². The molecule has 0 saturated carbocycles. The maximum atomic E-state index is 14.1. The number of anilines is 1. The fourth-order valence-electron chi connectivity index (χ4n) is 4.41. The van der Waals surface area contributed by atoms with Crippen LogP contribution in [-0.2, 0) is 9.59 Å².